The molecule has 238 valence electrons. The molecule has 51 heavy (non-hydrogen) atoms. The zero-order valence-electron chi connectivity index (χ0n) is 27.5. The minimum Gasteiger partial charge on any atom is -0.455 e. The lowest BCUT2D eigenvalue weighted by Gasteiger charge is -2.14. The Morgan fingerprint density at radius 1 is 0.412 bits per heavy atom. The van der Waals surface area contributed by atoms with E-state index >= 15 is 0 Å². The molecule has 0 fully saturated rings. The number of fused-ring (bicyclic) bond motifs is 10. The van der Waals surface area contributed by atoms with Crippen molar-refractivity contribution in [2.24, 2.45) is 0 Å². The van der Waals surface area contributed by atoms with Gasteiger partial charge in [0.1, 0.15) is 11.2 Å². The van der Waals surface area contributed by atoms with Crippen LogP contribution in [0.2, 0.25) is 0 Å². The molecule has 0 unspecified atom stereocenters. The Morgan fingerprint density at radius 3 is 1.88 bits per heavy atom. The summed E-state index contributed by atoms with van der Waals surface area (Å²) in [5.74, 6) is 0. The maximum absolute atomic E-state index is 6.54. The van der Waals surface area contributed by atoms with Crippen LogP contribution in [0.4, 0.5) is 0 Å². The third kappa shape index (κ3) is 4.11. The molecule has 0 aliphatic rings. The fourth-order valence-corrected chi connectivity index (χ4v) is 8.12. The van der Waals surface area contributed by atoms with Crippen LogP contribution in [-0.4, -0.2) is 14.1 Å². The number of furan rings is 1. The average molecular weight is 652 g/mol. The van der Waals surface area contributed by atoms with Gasteiger partial charge in [-0.2, -0.15) is 0 Å². The topological polar surface area (TPSA) is 35.9 Å². The first kappa shape index (κ1) is 28.0. The van der Waals surface area contributed by atoms with Gasteiger partial charge in [-0.15, -0.1) is 0 Å². The molecule has 0 amide bonds. The minimum atomic E-state index is 0.846. The number of pyridine rings is 1. The summed E-state index contributed by atoms with van der Waals surface area (Å²) in [5, 5.41) is 7.10. The minimum absolute atomic E-state index is 0.846. The van der Waals surface area contributed by atoms with Crippen LogP contribution in [0.15, 0.2) is 180 Å². The molecule has 0 N–H and O–H groups in total. The molecule has 0 spiro atoms. The van der Waals surface area contributed by atoms with E-state index in [0.29, 0.717) is 0 Å². The standard InChI is InChI=1S/C47H29N3O/c1-3-14-30(15-4-1)39-28-32(29-40(48-39)37-22-13-21-36-34-19-9-12-25-44(34)51-47(36)37)49-42-24-11-8-20-38(42)45-43(49)27-26-35-33-18-7-10-23-41(33)50(46(35)45)31-16-5-2-6-17-31/h1-29H. The molecular weight excluding hydrogens is 623 g/mol. The van der Waals surface area contributed by atoms with Crippen molar-refractivity contribution in [1.82, 2.24) is 14.1 Å². The SMILES string of the molecule is c1ccc(-c2cc(-n3c4ccccc4c4c3ccc3c5ccccc5n(-c5ccccc5)c34)cc(-c3cccc4c3oc3ccccc34)n2)cc1. The molecule has 7 aromatic carbocycles. The van der Waals surface area contributed by atoms with Gasteiger partial charge in [-0.3, -0.25) is 0 Å². The van der Waals surface area contributed by atoms with Gasteiger partial charge in [0.05, 0.1) is 39.1 Å². The first-order chi connectivity index (χ1) is 25.3. The Kier molecular flexibility index (Phi) is 5.92. The molecule has 11 rings (SSSR count). The van der Waals surface area contributed by atoms with Crippen LogP contribution in [0.25, 0.3) is 99.4 Å². The van der Waals surface area contributed by atoms with Crippen molar-refractivity contribution in [2.75, 3.05) is 0 Å². The van der Waals surface area contributed by atoms with Crippen molar-refractivity contribution in [3.63, 3.8) is 0 Å². The maximum Gasteiger partial charge on any atom is 0.144 e. The molecule has 4 heteroatoms. The molecule has 0 atom stereocenters. The molecule has 0 aliphatic carbocycles. The Bertz CT molecular complexity index is 3130. The predicted octanol–water partition coefficient (Wildman–Crippen LogP) is 12.5. The third-order valence-corrected chi connectivity index (χ3v) is 10.3. The zero-order chi connectivity index (χ0) is 33.5. The van der Waals surface area contributed by atoms with E-state index in [1.807, 2.05) is 18.2 Å². The third-order valence-electron chi connectivity index (χ3n) is 10.3. The van der Waals surface area contributed by atoms with Gasteiger partial charge in [-0.05, 0) is 54.6 Å². The first-order valence-corrected chi connectivity index (χ1v) is 17.3. The van der Waals surface area contributed by atoms with Crippen molar-refractivity contribution >= 4 is 65.6 Å². The molecule has 0 aliphatic heterocycles. The summed E-state index contributed by atoms with van der Waals surface area (Å²) < 4.78 is 11.4. The van der Waals surface area contributed by atoms with Gasteiger partial charge in [0, 0.05) is 49.1 Å². The molecule has 0 saturated carbocycles. The molecule has 11 aromatic rings. The Morgan fingerprint density at radius 2 is 1.06 bits per heavy atom. The van der Waals surface area contributed by atoms with E-state index < -0.39 is 0 Å². The summed E-state index contributed by atoms with van der Waals surface area (Å²) in [6.45, 7) is 0. The zero-order valence-corrected chi connectivity index (χ0v) is 27.5. The highest BCUT2D eigenvalue weighted by atomic mass is 16.3. The second-order valence-corrected chi connectivity index (χ2v) is 13.1. The molecular formula is C47H29N3O. The Labute approximate surface area is 293 Å². The van der Waals surface area contributed by atoms with Crippen LogP contribution in [0.3, 0.4) is 0 Å². The van der Waals surface area contributed by atoms with Gasteiger partial charge >= 0.3 is 0 Å². The van der Waals surface area contributed by atoms with E-state index in [-0.39, 0.29) is 0 Å². The van der Waals surface area contributed by atoms with E-state index in [9.17, 15) is 0 Å². The Hall–Kier alpha value is -6.91. The largest absolute Gasteiger partial charge is 0.455 e. The van der Waals surface area contributed by atoms with E-state index in [1.165, 1.54) is 32.6 Å². The smallest absolute Gasteiger partial charge is 0.144 e. The highest BCUT2D eigenvalue weighted by molar-refractivity contribution is 6.26. The lowest BCUT2D eigenvalue weighted by molar-refractivity contribution is 0.670. The van der Waals surface area contributed by atoms with E-state index in [2.05, 4.69) is 167 Å². The van der Waals surface area contributed by atoms with Crippen LogP contribution in [0.1, 0.15) is 0 Å². The van der Waals surface area contributed by atoms with Crippen LogP contribution < -0.4 is 0 Å². The van der Waals surface area contributed by atoms with Gasteiger partial charge in [0.15, 0.2) is 0 Å². The summed E-state index contributed by atoms with van der Waals surface area (Å²) in [5.41, 5.74) is 12.4. The van der Waals surface area contributed by atoms with Crippen LogP contribution in [-0.2, 0) is 0 Å². The quantitative estimate of drug-likeness (QED) is 0.190. The van der Waals surface area contributed by atoms with Crippen molar-refractivity contribution in [2.45, 2.75) is 0 Å². The van der Waals surface area contributed by atoms with Crippen LogP contribution in [0, 0.1) is 0 Å². The monoisotopic (exact) mass is 651 g/mol. The summed E-state index contributed by atoms with van der Waals surface area (Å²) in [4.78, 5) is 5.32. The molecule has 0 radical (unpaired) electrons. The summed E-state index contributed by atoms with van der Waals surface area (Å²) >= 11 is 0. The number of nitrogens with zero attached hydrogens (tertiary/aromatic N) is 3. The predicted molar refractivity (Wildman–Crippen MR) is 211 cm³/mol. The van der Waals surface area contributed by atoms with Crippen molar-refractivity contribution in [1.29, 1.82) is 0 Å². The summed E-state index contributed by atoms with van der Waals surface area (Å²) in [6, 6.07) is 62.3. The summed E-state index contributed by atoms with van der Waals surface area (Å²) in [6.07, 6.45) is 0. The van der Waals surface area contributed by atoms with Gasteiger partial charge < -0.3 is 13.6 Å². The van der Waals surface area contributed by atoms with E-state index in [4.69, 9.17) is 9.40 Å². The fraction of sp³-hybridized carbons (Fsp3) is 0. The molecule has 0 saturated heterocycles. The Balaban J connectivity index is 1.26. The van der Waals surface area contributed by atoms with Gasteiger partial charge in [-0.1, -0.05) is 121 Å². The molecule has 4 aromatic heterocycles. The van der Waals surface area contributed by atoms with Gasteiger partial charge in [0.2, 0.25) is 0 Å². The molecule has 0 bridgehead atoms. The number of benzene rings is 7. The van der Waals surface area contributed by atoms with Crippen molar-refractivity contribution < 1.29 is 4.42 Å². The van der Waals surface area contributed by atoms with E-state index in [0.717, 1.165) is 66.9 Å². The number of hydrogen-bond donors (Lipinski definition) is 0. The lowest BCUT2D eigenvalue weighted by Crippen LogP contribution is -1.98. The second kappa shape index (κ2) is 10.8. The van der Waals surface area contributed by atoms with Crippen LogP contribution in [0.5, 0.6) is 0 Å². The van der Waals surface area contributed by atoms with Crippen LogP contribution >= 0.6 is 0 Å². The number of para-hydroxylation sites is 5. The fourth-order valence-electron chi connectivity index (χ4n) is 8.12. The number of hydrogen-bond acceptors (Lipinski definition) is 2. The second-order valence-electron chi connectivity index (χ2n) is 13.1. The summed E-state index contributed by atoms with van der Waals surface area (Å²) in [7, 11) is 0. The van der Waals surface area contributed by atoms with Crippen molar-refractivity contribution in [3.05, 3.63) is 176 Å². The average Bonchev–Trinajstić information content (AvgIpc) is 3.86. The normalized spacial score (nSPS) is 11.9. The van der Waals surface area contributed by atoms with E-state index in [1.54, 1.807) is 0 Å². The van der Waals surface area contributed by atoms with Crippen molar-refractivity contribution in [3.8, 4) is 33.9 Å². The molecule has 4 heterocycles. The first-order valence-electron chi connectivity index (χ1n) is 17.3. The number of aromatic nitrogens is 3. The lowest BCUT2D eigenvalue weighted by atomic mass is 10.0. The number of rotatable bonds is 4. The maximum atomic E-state index is 6.54. The van der Waals surface area contributed by atoms with Gasteiger partial charge in [-0.25, -0.2) is 4.98 Å². The molecule has 4 nitrogen and oxygen atoms in total. The highest BCUT2D eigenvalue weighted by Gasteiger charge is 2.22. The highest BCUT2D eigenvalue weighted by Crippen LogP contribution is 2.43. The van der Waals surface area contributed by atoms with Gasteiger partial charge in [0.25, 0.3) is 0 Å².